The fourth-order valence-corrected chi connectivity index (χ4v) is 1.72. The molecule has 1 aromatic rings. The molecule has 0 radical (unpaired) electrons. The molecule has 0 atom stereocenters. The lowest BCUT2D eigenvalue weighted by atomic mass is 10.2. The van der Waals surface area contributed by atoms with Crippen LogP contribution in [0.1, 0.15) is 25.8 Å². The lowest BCUT2D eigenvalue weighted by molar-refractivity contribution is 1.03. The Morgan fingerprint density at radius 3 is 2.87 bits per heavy atom. The number of rotatable bonds is 4. The lowest BCUT2D eigenvalue weighted by Gasteiger charge is -2.07. The molecule has 0 amide bonds. The Morgan fingerprint density at radius 1 is 1.53 bits per heavy atom. The van der Waals surface area contributed by atoms with E-state index in [1.807, 2.05) is 6.20 Å². The number of aromatic nitrogens is 1. The Balaban J connectivity index is 2.47. The molecule has 0 saturated heterocycles. The van der Waals surface area contributed by atoms with Gasteiger partial charge < -0.3 is 5.32 Å². The number of halogens is 1. The molecule has 0 saturated carbocycles. The first kappa shape index (κ1) is 12.2. The van der Waals surface area contributed by atoms with Gasteiger partial charge in [-0.2, -0.15) is 0 Å². The molecule has 15 heavy (non-hydrogen) atoms. The van der Waals surface area contributed by atoms with E-state index in [9.17, 15) is 0 Å². The summed E-state index contributed by atoms with van der Waals surface area (Å²) >= 11 is 3.40. The molecule has 2 nitrogen and oxygen atoms in total. The van der Waals surface area contributed by atoms with Gasteiger partial charge >= 0.3 is 0 Å². The minimum atomic E-state index is 0.931. The monoisotopic (exact) mass is 268 g/mol. The van der Waals surface area contributed by atoms with Crippen LogP contribution in [0.4, 0.5) is 5.82 Å². The van der Waals surface area contributed by atoms with Crippen molar-refractivity contribution in [3.63, 3.8) is 0 Å². The molecule has 0 unspecified atom stereocenters. The fourth-order valence-electron chi connectivity index (χ4n) is 1.28. The van der Waals surface area contributed by atoms with Crippen LogP contribution >= 0.6 is 15.9 Å². The number of nitrogens with one attached hydrogen (secondary N) is 1. The smallest absolute Gasteiger partial charge is 0.128 e. The van der Waals surface area contributed by atoms with Crippen molar-refractivity contribution < 1.29 is 0 Å². The summed E-state index contributed by atoms with van der Waals surface area (Å²) in [5, 5.41) is 3.32. The van der Waals surface area contributed by atoms with Crippen LogP contribution in [0.3, 0.4) is 0 Å². The molecule has 1 N–H and O–H groups in total. The highest BCUT2D eigenvalue weighted by atomic mass is 79.9. The van der Waals surface area contributed by atoms with E-state index in [0.717, 1.165) is 23.3 Å². The van der Waals surface area contributed by atoms with Gasteiger partial charge in [0.2, 0.25) is 0 Å². The van der Waals surface area contributed by atoms with Gasteiger partial charge in [-0.15, -0.1) is 0 Å². The lowest BCUT2D eigenvalue weighted by Crippen LogP contribution is -2.03. The summed E-state index contributed by atoms with van der Waals surface area (Å²) in [4.78, 5) is 4.32. The van der Waals surface area contributed by atoms with Crippen LogP contribution < -0.4 is 5.32 Å². The highest BCUT2D eigenvalue weighted by molar-refractivity contribution is 9.10. The zero-order chi connectivity index (χ0) is 11.3. The van der Waals surface area contributed by atoms with E-state index in [4.69, 9.17) is 0 Å². The molecule has 3 heteroatoms. The van der Waals surface area contributed by atoms with Gasteiger partial charge in [0.25, 0.3) is 0 Å². The maximum atomic E-state index is 4.32. The Morgan fingerprint density at radius 2 is 2.27 bits per heavy atom. The van der Waals surface area contributed by atoms with Crippen LogP contribution in [0.5, 0.6) is 0 Å². The molecule has 1 aromatic heterocycles. The number of allylic oxidation sites excluding steroid dienone is 1. The van der Waals surface area contributed by atoms with Gasteiger partial charge in [-0.25, -0.2) is 4.98 Å². The molecule has 0 aromatic carbocycles. The van der Waals surface area contributed by atoms with E-state index in [1.165, 1.54) is 11.1 Å². The molecule has 82 valence electrons. The predicted octanol–water partition coefficient (Wildman–Crippen LogP) is 3.92. The normalized spacial score (nSPS) is 9.87. The third-order valence-electron chi connectivity index (χ3n) is 2.03. The largest absolute Gasteiger partial charge is 0.370 e. The number of pyridine rings is 1. The molecule has 0 fully saturated rings. The van der Waals surface area contributed by atoms with Crippen molar-refractivity contribution in [3.05, 3.63) is 33.9 Å². The Kier molecular flexibility index (Phi) is 4.82. The average molecular weight is 269 g/mol. The zero-order valence-electron chi connectivity index (χ0n) is 9.47. The molecular formula is C12H17BrN2. The van der Waals surface area contributed by atoms with Crippen molar-refractivity contribution >= 4 is 21.7 Å². The molecule has 0 bridgehead atoms. The summed E-state index contributed by atoms with van der Waals surface area (Å²) in [5.41, 5.74) is 2.53. The molecule has 0 aliphatic rings. The van der Waals surface area contributed by atoms with Gasteiger partial charge in [-0.1, -0.05) is 11.6 Å². The Labute approximate surface area is 99.9 Å². The van der Waals surface area contributed by atoms with E-state index in [-0.39, 0.29) is 0 Å². The van der Waals surface area contributed by atoms with Crippen LogP contribution in [-0.4, -0.2) is 11.5 Å². The first-order chi connectivity index (χ1) is 7.09. The summed E-state index contributed by atoms with van der Waals surface area (Å²) in [6.07, 6.45) is 5.08. The third kappa shape index (κ3) is 4.47. The maximum Gasteiger partial charge on any atom is 0.128 e. The van der Waals surface area contributed by atoms with Gasteiger partial charge in [0.15, 0.2) is 0 Å². The number of hydrogen-bond donors (Lipinski definition) is 1. The predicted molar refractivity (Wildman–Crippen MR) is 69.2 cm³/mol. The first-order valence-electron chi connectivity index (χ1n) is 5.09. The van der Waals surface area contributed by atoms with Gasteiger partial charge in [-0.05, 0) is 54.8 Å². The highest BCUT2D eigenvalue weighted by Gasteiger charge is 1.98. The van der Waals surface area contributed by atoms with Gasteiger partial charge in [0.05, 0.1) is 0 Å². The molecule has 0 aliphatic heterocycles. The zero-order valence-corrected chi connectivity index (χ0v) is 11.1. The van der Waals surface area contributed by atoms with Crippen molar-refractivity contribution in [1.29, 1.82) is 0 Å². The maximum absolute atomic E-state index is 4.32. The topological polar surface area (TPSA) is 24.9 Å². The van der Waals surface area contributed by atoms with E-state index in [0.29, 0.717) is 0 Å². The molecule has 1 heterocycles. The van der Waals surface area contributed by atoms with E-state index < -0.39 is 0 Å². The third-order valence-corrected chi connectivity index (χ3v) is 2.47. The second-order valence-corrected chi connectivity index (χ2v) is 4.73. The number of anilines is 1. The first-order valence-corrected chi connectivity index (χ1v) is 5.88. The quantitative estimate of drug-likeness (QED) is 0.662. The standard InChI is InChI=1S/C12H17BrN2/c1-9(2)5-4-6-14-12-10(3)7-11(13)8-15-12/h5,7-8H,4,6H2,1-3H3,(H,14,15). The van der Waals surface area contributed by atoms with E-state index in [1.54, 1.807) is 0 Å². The number of hydrogen-bond acceptors (Lipinski definition) is 2. The van der Waals surface area contributed by atoms with E-state index >= 15 is 0 Å². The van der Waals surface area contributed by atoms with Gasteiger partial charge in [0, 0.05) is 17.2 Å². The van der Waals surface area contributed by atoms with Crippen LogP contribution in [0.25, 0.3) is 0 Å². The fraction of sp³-hybridized carbons (Fsp3) is 0.417. The SMILES string of the molecule is CC(C)=CCCNc1ncc(Br)cc1C. The summed E-state index contributed by atoms with van der Waals surface area (Å²) < 4.78 is 1.02. The number of nitrogens with zero attached hydrogens (tertiary/aromatic N) is 1. The van der Waals surface area contributed by atoms with Crippen LogP contribution in [-0.2, 0) is 0 Å². The second-order valence-electron chi connectivity index (χ2n) is 3.82. The van der Waals surface area contributed by atoms with Gasteiger partial charge in [-0.3, -0.25) is 0 Å². The van der Waals surface area contributed by atoms with Crippen LogP contribution in [0.2, 0.25) is 0 Å². The van der Waals surface area contributed by atoms with Crippen molar-refractivity contribution in [1.82, 2.24) is 4.98 Å². The second kappa shape index (κ2) is 5.91. The van der Waals surface area contributed by atoms with E-state index in [2.05, 4.69) is 59.1 Å². The Hall–Kier alpha value is -0.830. The molecule has 0 aliphatic carbocycles. The summed E-state index contributed by atoms with van der Waals surface area (Å²) in [6.45, 7) is 7.22. The van der Waals surface area contributed by atoms with Crippen LogP contribution in [0.15, 0.2) is 28.4 Å². The van der Waals surface area contributed by atoms with Gasteiger partial charge in [0.1, 0.15) is 5.82 Å². The minimum absolute atomic E-state index is 0.931. The molecule has 0 spiro atoms. The van der Waals surface area contributed by atoms with Crippen molar-refractivity contribution in [3.8, 4) is 0 Å². The average Bonchev–Trinajstić information content (AvgIpc) is 2.14. The highest BCUT2D eigenvalue weighted by Crippen LogP contribution is 2.16. The summed E-state index contributed by atoms with van der Waals surface area (Å²) in [6, 6.07) is 2.07. The number of aryl methyl sites for hydroxylation is 1. The van der Waals surface area contributed by atoms with Crippen LogP contribution in [0, 0.1) is 6.92 Å². The summed E-state index contributed by atoms with van der Waals surface area (Å²) in [5.74, 6) is 0.973. The molecule has 1 rings (SSSR count). The van der Waals surface area contributed by atoms with Crippen molar-refractivity contribution in [2.45, 2.75) is 27.2 Å². The Bertz CT molecular complexity index is 355. The summed E-state index contributed by atoms with van der Waals surface area (Å²) in [7, 11) is 0. The molecular weight excluding hydrogens is 252 g/mol. The van der Waals surface area contributed by atoms with Crippen molar-refractivity contribution in [2.75, 3.05) is 11.9 Å². The van der Waals surface area contributed by atoms with Crippen molar-refractivity contribution in [2.24, 2.45) is 0 Å². The minimum Gasteiger partial charge on any atom is -0.370 e.